The number of benzene rings is 1. The predicted molar refractivity (Wildman–Crippen MR) is 77.4 cm³/mol. The second kappa shape index (κ2) is 11.8. The Morgan fingerprint density at radius 1 is 1.20 bits per heavy atom. The van der Waals surface area contributed by atoms with Gasteiger partial charge < -0.3 is 14.2 Å². The van der Waals surface area contributed by atoms with Crippen LogP contribution in [0.1, 0.15) is 20.4 Å². The van der Waals surface area contributed by atoms with E-state index >= 15 is 0 Å². The molecule has 0 saturated carbocycles. The number of carbonyl (C=O) groups is 2. The molecule has 0 radical (unpaired) electrons. The molecule has 0 N–H and O–H groups in total. The average Bonchev–Trinajstić information content (AvgIpc) is 2.40. The zero-order valence-corrected chi connectivity index (χ0v) is 9.83. The molecule has 0 fully saturated rings. The van der Waals surface area contributed by atoms with Crippen molar-refractivity contribution in [2.75, 3.05) is 13.4 Å². The number of hydrogen-bond donors (Lipinski definition) is 0. The van der Waals surface area contributed by atoms with Gasteiger partial charge in [0.25, 0.3) is 6.47 Å². The van der Waals surface area contributed by atoms with Gasteiger partial charge >= 0.3 is 5.97 Å². The lowest BCUT2D eigenvalue weighted by Gasteiger charge is -2.06. The molecule has 0 aliphatic carbocycles. The second-order valence-electron chi connectivity index (χ2n) is 3.29. The summed E-state index contributed by atoms with van der Waals surface area (Å²) in [5.41, 5.74) is 1.02. The van der Waals surface area contributed by atoms with Gasteiger partial charge in [-0.1, -0.05) is 33.6 Å². The van der Waals surface area contributed by atoms with Crippen LogP contribution in [-0.4, -0.2) is 25.8 Å². The third-order valence-electron chi connectivity index (χ3n) is 2.09. The van der Waals surface area contributed by atoms with Gasteiger partial charge in [0.05, 0.1) is 6.61 Å². The first kappa shape index (κ1) is 20.0. The Morgan fingerprint density at radius 3 is 2.40 bits per heavy atom. The molecular weight excluding hydrogens is 260 g/mol. The Bertz CT molecular complexity index is 397. The fraction of sp³-hybridized carbons (Fsp3) is 0.333. The molecule has 20 heavy (non-hydrogen) atoms. The Balaban J connectivity index is 0. The van der Waals surface area contributed by atoms with Gasteiger partial charge in [-0.2, -0.15) is 0 Å². The van der Waals surface area contributed by atoms with Crippen LogP contribution in [0.2, 0.25) is 0 Å². The summed E-state index contributed by atoms with van der Waals surface area (Å²) < 4.78 is 14.4. The lowest BCUT2D eigenvalue weighted by molar-refractivity contribution is -0.144. The molecule has 0 aliphatic rings. The molecule has 0 saturated heterocycles. The Kier molecular flexibility index (Phi) is 11.8. The summed E-state index contributed by atoms with van der Waals surface area (Å²) in [5, 5.41) is 0. The fourth-order valence-corrected chi connectivity index (χ4v) is 1.19. The van der Waals surface area contributed by atoms with Gasteiger partial charge in [0.15, 0.2) is 0 Å². The molecule has 0 unspecified atom stereocenters. The molecule has 0 bridgehead atoms. The van der Waals surface area contributed by atoms with Crippen LogP contribution in [0, 0.1) is 0 Å². The van der Waals surface area contributed by atoms with Crippen LogP contribution >= 0.6 is 0 Å². The largest absolute Gasteiger partial charge is 0.468 e. The van der Waals surface area contributed by atoms with Crippen molar-refractivity contribution < 1.29 is 23.8 Å². The van der Waals surface area contributed by atoms with Crippen LogP contribution in [-0.2, 0) is 25.5 Å². The van der Waals surface area contributed by atoms with Gasteiger partial charge in [0.1, 0.15) is 5.75 Å². The topological polar surface area (TPSA) is 61.8 Å². The van der Waals surface area contributed by atoms with Crippen LogP contribution < -0.4 is 4.74 Å². The van der Waals surface area contributed by atoms with E-state index in [4.69, 9.17) is 4.74 Å². The summed E-state index contributed by atoms with van der Waals surface area (Å²) in [6.07, 6.45) is 1.71. The van der Waals surface area contributed by atoms with Crippen LogP contribution in [0.3, 0.4) is 0 Å². The average molecular weight is 282 g/mol. The highest BCUT2D eigenvalue weighted by atomic mass is 16.7. The van der Waals surface area contributed by atoms with Crippen LogP contribution in [0.25, 0.3) is 0 Å². The van der Waals surface area contributed by atoms with E-state index < -0.39 is 5.97 Å². The third kappa shape index (κ3) is 7.92. The summed E-state index contributed by atoms with van der Waals surface area (Å²) in [5.74, 6) is 0.0598. The van der Waals surface area contributed by atoms with E-state index in [0.717, 1.165) is 11.6 Å². The fourth-order valence-electron chi connectivity index (χ4n) is 1.19. The van der Waals surface area contributed by atoms with E-state index in [-0.39, 0.29) is 21.6 Å². The molecule has 0 aliphatic heterocycles. The summed E-state index contributed by atoms with van der Waals surface area (Å²) in [6, 6.07) is 7.19. The van der Waals surface area contributed by atoms with Gasteiger partial charge in [-0.3, -0.25) is 4.79 Å². The first-order valence-electron chi connectivity index (χ1n) is 5.32. The zero-order valence-electron chi connectivity index (χ0n) is 9.83. The summed E-state index contributed by atoms with van der Waals surface area (Å²) in [4.78, 5) is 20.7. The Hall–Kier alpha value is -2.30. The summed E-state index contributed by atoms with van der Waals surface area (Å²) >= 11 is 0. The van der Waals surface area contributed by atoms with E-state index in [0.29, 0.717) is 25.2 Å². The normalized spacial score (nSPS) is 8.40. The number of ether oxygens (including phenoxy) is 3. The van der Waals surface area contributed by atoms with Gasteiger partial charge in [0, 0.05) is 12.5 Å². The smallest absolute Gasteiger partial charge is 0.333 e. The predicted octanol–water partition coefficient (Wildman–Crippen LogP) is 2.74. The monoisotopic (exact) mass is 282 g/mol. The van der Waals surface area contributed by atoms with E-state index in [1.807, 2.05) is 12.1 Å². The highest BCUT2D eigenvalue weighted by Gasteiger charge is 1.98. The summed E-state index contributed by atoms with van der Waals surface area (Å²) in [6.45, 7) is 3.88. The van der Waals surface area contributed by atoms with Gasteiger partial charge in [-0.15, -0.1) is 0 Å². The molecule has 0 aromatic heterocycles. The standard InChI is InChI=1S/C13H14O5.2CH4/c1-2-13(15)18-10-17-12-5-3-11(4-6-12)7-8-16-9-14;;/h2-6,9H,1,7-8,10H2;2*1H4. The molecule has 0 heterocycles. The minimum atomic E-state index is -0.530. The van der Waals surface area contributed by atoms with E-state index in [2.05, 4.69) is 16.1 Å². The molecule has 0 amide bonds. The van der Waals surface area contributed by atoms with E-state index in [9.17, 15) is 9.59 Å². The molecule has 0 atom stereocenters. The minimum absolute atomic E-state index is 0. The van der Waals surface area contributed by atoms with Crippen molar-refractivity contribution in [3.8, 4) is 5.75 Å². The van der Waals surface area contributed by atoms with Gasteiger partial charge in [0.2, 0.25) is 6.79 Å². The van der Waals surface area contributed by atoms with Crippen molar-refractivity contribution in [2.24, 2.45) is 0 Å². The maximum Gasteiger partial charge on any atom is 0.333 e. The molecule has 5 nitrogen and oxygen atoms in total. The van der Waals surface area contributed by atoms with Crippen molar-refractivity contribution in [2.45, 2.75) is 21.3 Å². The van der Waals surface area contributed by atoms with Crippen LogP contribution in [0.15, 0.2) is 36.9 Å². The Morgan fingerprint density at radius 2 is 1.85 bits per heavy atom. The lowest BCUT2D eigenvalue weighted by Crippen LogP contribution is -2.07. The molecule has 1 aromatic rings. The first-order valence-corrected chi connectivity index (χ1v) is 5.32. The molecular formula is C15H22O5. The highest BCUT2D eigenvalue weighted by Crippen LogP contribution is 2.12. The number of carbonyl (C=O) groups excluding carboxylic acids is 2. The Labute approximate surface area is 120 Å². The molecule has 1 aromatic carbocycles. The maximum atomic E-state index is 10.7. The van der Waals surface area contributed by atoms with Crippen molar-refractivity contribution in [3.63, 3.8) is 0 Å². The molecule has 1 rings (SSSR count). The molecule has 0 spiro atoms. The lowest BCUT2D eigenvalue weighted by atomic mass is 10.1. The zero-order chi connectivity index (χ0) is 13.2. The SMILES string of the molecule is C.C.C=CC(=O)OCOc1ccc(CCOC=O)cc1. The maximum absolute atomic E-state index is 10.7. The van der Waals surface area contributed by atoms with Gasteiger partial charge in [-0.05, 0) is 17.7 Å². The van der Waals surface area contributed by atoms with E-state index in [1.54, 1.807) is 12.1 Å². The second-order valence-corrected chi connectivity index (χ2v) is 3.29. The van der Waals surface area contributed by atoms with Crippen molar-refractivity contribution in [1.29, 1.82) is 0 Å². The third-order valence-corrected chi connectivity index (χ3v) is 2.09. The van der Waals surface area contributed by atoms with Crippen molar-refractivity contribution in [3.05, 3.63) is 42.5 Å². The van der Waals surface area contributed by atoms with Crippen LogP contribution in [0.5, 0.6) is 5.75 Å². The van der Waals surface area contributed by atoms with Crippen molar-refractivity contribution in [1.82, 2.24) is 0 Å². The minimum Gasteiger partial charge on any atom is -0.468 e. The number of hydrogen-bond acceptors (Lipinski definition) is 5. The number of rotatable bonds is 8. The van der Waals surface area contributed by atoms with Crippen LogP contribution in [0.4, 0.5) is 0 Å². The van der Waals surface area contributed by atoms with Crippen molar-refractivity contribution >= 4 is 12.4 Å². The molecule has 5 heteroatoms. The highest BCUT2D eigenvalue weighted by molar-refractivity contribution is 5.81. The molecule has 112 valence electrons. The van der Waals surface area contributed by atoms with Gasteiger partial charge in [-0.25, -0.2) is 4.79 Å². The number of esters is 1. The first-order chi connectivity index (χ1) is 8.76. The quantitative estimate of drug-likeness (QED) is 0.241. The summed E-state index contributed by atoms with van der Waals surface area (Å²) in [7, 11) is 0. The van der Waals surface area contributed by atoms with E-state index in [1.165, 1.54) is 0 Å².